The highest BCUT2D eigenvalue weighted by atomic mass is 19.4. The molecule has 0 spiro atoms. The molecule has 0 bridgehead atoms. The summed E-state index contributed by atoms with van der Waals surface area (Å²) in [5.74, 6) is -1.64. The van der Waals surface area contributed by atoms with Crippen LogP contribution in [-0.2, 0) is 25.7 Å². The molecular formula is C24H27F5O. The Labute approximate surface area is 174 Å². The molecular weight excluding hydrogens is 399 g/mol. The Morgan fingerprint density at radius 1 is 1.03 bits per heavy atom. The monoisotopic (exact) mass is 426 g/mol. The molecule has 0 N–H and O–H groups in total. The van der Waals surface area contributed by atoms with Gasteiger partial charge in [0.2, 0.25) is 0 Å². The molecule has 0 heterocycles. The van der Waals surface area contributed by atoms with Gasteiger partial charge in [-0.1, -0.05) is 38.0 Å². The average molecular weight is 426 g/mol. The zero-order valence-corrected chi connectivity index (χ0v) is 17.1. The molecule has 3 rings (SSSR count). The van der Waals surface area contributed by atoms with Crippen molar-refractivity contribution in [2.24, 2.45) is 5.92 Å². The highest BCUT2D eigenvalue weighted by molar-refractivity contribution is 5.39. The highest BCUT2D eigenvalue weighted by Crippen LogP contribution is 2.35. The van der Waals surface area contributed by atoms with E-state index in [2.05, 4.69) is 11.7 Å². The molecule has 164 valence electrons. The summed E-state index contributed by atoms with van der Waals surface area (Å²) in [6.45, 7) is 2.14. The molecule has 0 aromatic heterocycles. The molecule has 0 radical (unpaired) electrons. The predicted octanol–water partition coefficient (Wildman–Crippen LogP) is 7.33. The van der Waals surface area contributed by atoms with E-state index in [1.165, 1.54) is 6.07 Å². The Hall–Kier alpha value is -2.11. The van der Waals surface area contributed by atoms with Gasteiger partial charge < -0.3 is 4.74 Å². The lowest BCUT2D eigenvalue weighted by Crippen LogP contribution is -2.20. The van der Waals surface area contributed by atoms with E-state index in [0.29, 0.717) is 42.4 Å². The van der Waals surface area contributed by atoms with Gasteiger partial charge in [0.15, 0.2) is 11.6 Å². The van der Waals surface area contributed by atoms with Crippen LogP contribution in [0.25, 0.3) is 0 Å². The normalized spacial score (nSPS) is 16.4. The third kappa shape index (κ3) is 5.96. The van der Waals surface area contributed by atoms with E-state index in [9.17, 15) is 22.0 Å². The van der Waals surface area contributed by atoms with Crippen LogP contribution in [0.1, 0.15) is 61.3 Å². The molecule has 1 nitrogen and oxygen atoms in total. The molecule has 1 aliphatic rings. The lowest BCUT2D eigenvalue weighted by molar-refractivity contribution is -0.275. The van der Waals surface area contributed by atoms with Crippen LogP contribution in [0, 0.1) is 17.6 Å². The van der Waals surface area contributed by atoms with Crippen LogP contribution in [0.2, 0.25) is 0 Å². The molecule has 0 aliphatic heterocycles. The van der Waals surface area contributed by atoms with Crippen molar-refractivity contribution in [3.63, 3.8) is 0 Å². The minimum Gasteiger partial charge on any atom is -0.403 e. The second-order valence-corrected chi connectivity index (χ2v) is 8.09. The highest BCUT2D eigenvalue weighted by Gasteiger charge is 2.33. The number of ether oxygens (including phenoxy) is 1. The molecule has 6 heteroatoms. The molecule has 2 aromatic carbocycles. The van der Waals surface area contributed by atoms with Gasteiger partial charge in [0.05, 0.1) is 0 Å². The largest absolute Gasteiger partial charge is 0.573 e. The van der Waals surface area contributed by atoms with Crippen LogP contribution in [0.15, 0.2) is 30.3 Å². The molecule has 0 fully saturated rings. The quantitative estimate of drug-likeness (QED) is 0.317. The van der Waals surface area contributed by atoms with E-state index in [1.54, 1.807) is 6.07 Å². The van der Waals surface area contributed by atoms with Crippen LogP contribution in [-0.4, -0.2) is 6.36 Å². The summed E-state index contributed by atoms with van der Waals surface area (Å²) in [4.78, 5) is 0. The number of unbranched alkanes of at least 4 members (excludes halogenated alkanes) is 2. The average Bonchev–Trinajstić information content (AvgIpc) is 2.69. The lowest BCUT2D eigenvalue weighted by atomic mass is 9.80. The van der Waals surface area contributed by atoms with Crippen molar-refractivity contribution in [3.05, 3.63) is 64.2 Å². The maximum Gasteiger partial charge on any atom is 0.573 e. The van der Waals surface area contributed by atoms with Crippen LogP contribution in [0.5, 0.6) is 5.75 Å². The fourth-order valence-electron chi connectivity index (χ4n) is 4.20. The van der Waals surface area contributed by atoms with E-state index < -0.39 is 17.9 Å². The van der Waals surface area contributed by atoms with Gasteiger partial charge in [-0.2, -0.15) is 0 Å². The molecule has 2 aromatic rings. The SMILES string of the molecule is CCCCCc1ccc(CCC2CCc3c(ccc(OC(F)(F)F)c3F)C2)c(F)c1. The first-order chi connectivity index (χ1) is 14.3. The molecule has 30 heavy (non-hydrogen) atoms. The van der Waals surface area contributed by atoms with Gasteiger partial charge in [0.25, 0.3) is 0 Å². The van der Waals surface area contributed by atoms with Crippen molar-refractivity contribution in [3.8, 4) is 5.75 Å². The van der Waals surface area contributed by atoms with E-state index in [1.807, 2.05) is 12.1 Å². The fourth-order valence-corrected chi connectivity index (χ4v) is 4.20. The van der Waals surface area contributed by atoms with Crippen LogP contribution in [0.4, 0.5) is 22.0 Å². The Bertz CT molecular complexity index is 859. The maximum absolute atomic E-state index is 14.4. The number of rotatable bonds is 8. The number of hydrogen-bond acceptors (Lipinski definition) is 1. The molecule has 1 atom stereocenters. The Balaban J connectivity index is 1.58. The van der Waals surface area contributed by atoms with Crippen LogP contribution < -0.4 is 4.74 Å². The van der Waals surface area contributed by atoms with Gasteiger partial charge in [0.1, 0.15) is 5.82 Å². The van der Waals surface area contributed by atoms with Crippen molar-refractivity contribution in [1.82, 2.24) is 0 Å². The lowest BCUT2D eigenvalue weighted by Gasteiger charge is -2.26. The van der Waals surface area contributed by atoms with Gasteiger partial charge in [-0.15, -0.1) is 13.2 Å². The topological polar surface area (TPSA) is 9.23 Å². The molecule has 0 saturated heterocycles. The first-order valence-corrected chi connectivity index (χ1v) is 10.6. The van der Waals surface area contributed by atoms with Gasteiger partial charge in [-0.25, -0.2) is 8.78 Å². The summed E-state index contributed by atoms with van der Waals surface area (Å²) in [5, 5.41) is 0. The Kier molecular flexibility index (Phi) is 7.37. The number of aryl methyl sites for hydroxylation is 2. The van der Waals surface area contributed by atoms with Crippen LogP contribution in [0.3, 0.4) is 0 Å². The van der Waals surface area contributed by atoms with E-state index in [0.717, 1.165) is 43.7 Å². The number of benzene rings is 2. The zero-order chi connectivity index (χ0) is 21.7. The molecule has 1 aliphatic carbocycles. The van der Waals surface area contributed by atoms with Crippen molar-refractivity contribution in [2.75, 3.05) is 0 Å². The number of hydrogen-bond donors (Lipinski definition) is 0. The number of halogens is 5. The second kappa shape index (κ2) is 9.80. The maximum atomic E-state index is 14.4. The van der Waals surface area contributed by atoms with Gasteiger partial charge in [-0.05, 0) is 85.3 Å². The standard InChI is InChI=1S/C24H27F5O/c1-2-3-4-5-16-6-9-18(21(25)15-16)10-7-17-8-12-20-19(14-17)11-13-22(23(20)26)30-24(27,28)29/h6,9,11,13,15,17H,2-5,7-8,10,12,14H2,1H3. The van der Waals surface area contributed by atoms with Crippen molar-refractivity contribution < 1.29 is 26.7 Å². The van der Waals surface area contributed by atoms with Gasteiger partial charge in [-0.3, -0.25) is 0 Å². The number of fused-ring (bicyclic) bond motifs is 1. The van der Waals surface area contributed by atoms with E-state index in [4.69, 9.17) is 0 Å². The van der Waals surface area contributed by atoms with Crippen molar-refractivity contribution >= 4 is 0 Å². The first-order valence-electron chi connectivity index (χ1n) is 10.6. The van der Waals surface area contributed by atoms with Crippen molar-refractivity contribution in [2.45, 2.75) is 71.1 Å². The Morgan fingerprint density at radius 3 is 2.53 bits per heavy atom. The van der Waals surface area contributed by atoms with Crippen LogP contribution >= 0.6 is 0 Å². The molecule has 0 saturated carbocycles. The van der Waals surface area contributed by atoms with Crippen molar-refractivity contribution in [1.29, 1.82) is 0 Å². The van der Waals surface area contributed by atoms with E-state index in [-0.39, 0.29) is 11.7 Å². The Morgan fingerprint density at radius 2 is 1.83 bits per heavy atom. The summed E-state index contributed by atoms with van der Waals surface area (Å²) >= 11 is 0. The summed E-state index contributed by atoms with van der Waals surface area (Å²) in [6, 6.07) is 8.02. The minimum atomic E-state index is -4.91. The molecule has 1 unspecified atom stereocenters. The first kappa shape index (κ1) is 22.6. The molecule has 0 amide bonds. The summed E-state index contributed by atoms with van der Waals surface area (Å²) in [7, 11) is 0. The summed E-state index contributed by atoms with van der Waals surface area (Å²) < 4.78 is 69.8. The third-order valence-electron chi connectivity index (χ3n) is 5.85. The summed E-state index contributed by atoms with van der Waals surface area (Å²) in [5.41, 5.74) is 2.71. The number of alkyl halides is 3. The second-order valence-electron chi connectivity index (χ2n) is 8.09. The summed E-state index contributed by atoms with van der Waals surface area (Å²) in [6.07, 6.45) is 2.25. The minimum absolute atomic E-state index is 0.180. The van der Waals surface area contributed by atoms with Gasteiger partial charge in [0, 0.05) is 0 Å². The fraction of sp³-hybridized carbons (Fsp3) is 0.500. The van der Waals surface area contributed by atoms with Gasteiger partial charge >= 0.3 is 6.36 Å². The van der Waals surface area contributed by atoms with E-state index >= 15 is 0 Å². The predicted molar refractivity (Wildman–Crippen MR) is 107 cm³/mol. The smallest absolute Gasteiger partial charge is 0.403 e. The zero-order valence-electron chi connectivity index (χ0n) is 17.1. The third-order valence-corrected chi connectivity index (χ3v) is 5.85.